The molecule has 0 saturated carbocycles. The summed E-state index contributed by atoms with van der Waals surface area (Å²) in [5.41, 5.74) is 1.90. The Balaban J connectivity index is 2.33. The number of carbonyl (C=O) groups is 2. The van der Waals surface area contributed by atoms with Crippen LogP contribution in [0.5, 0.6) is 0 Å². The van der Waals surface area contributed by atoms with Crippen molar-refractivity contribution in [3.63, 3.8) is 0 Å². The van der Waals surface area contributed by atoms with Gasteiger partial charge in [0.05, 0.1) is 12.2 Å². The summed E-state index contributed by atoms with van der Waals surface area (Å²) >= 11 is 0. The van der Waals surface area contributed by atoms with E-state index in [1.165, 1.54) is 0 Å². The number of rotatable bonds is 3. The minimum absolute atomic E-state index is 0.0520. The van der Waals surface area contributed by atoms with Gasteiger partial charge in [0.15, 0.2) is 0 Å². The molecule has 1 aliphatic heterocycles. The lowest BCUT2D eigenvalue weighted by molar-refractivity contribution is -0.118. The molecule has 1 aliphatic rings. The molecule has 0 unspecified atom stereocenters. The van der Waals surface area contributed by atoms with Gasteiger partial charge in [-0.1, -0.05) is 18.2 Å². The van der Waals surface area contributed by atoms with Crippen molar-refractivity contribution in [3.8, 4) is 0 Å². The second-order valence-electron chi connectivity index (χ2n) is 3.82. The summed E-state index contributed by atoms with van der Waals surface area (Å²) in [6.07, 6.45) is 1.30. The van der Waals surface area contributed by atoms with E-state index < -0.39 is 0 Å². The first-order chi connectivity index (χ1) is 7.74. The van der Waals surface area contributed by atoms with E-state index >= 15 is 0 Å². The van der Waals surface area contributed by atoms with E-state index in [-0.39, 0.29) is 12.5 Å². The molecule has 1 aromatic rings. The number of nitrogens with zero attached hydrogens (tertiary/aromatic N) is 2. The number of hydrogen-bond acceptors (Lipinski definition) is 3. The molecular weight excluding hydrogens is 204 g/mol. The smallest absolute Gasteiger partial charge is 0.242 e. The van der Waals surface area contributed by atoms with Crippen molar-refractivity contribution in [2.75, 3.05) is 18.1 Å². The minimum atomic E-state index is 0.0520. The van der Waals surface area contributed by atoms with Crippen molar-refractivity contribution in [3.05, 3.63) is 29.8 Å². The Morgan fingerprint density at radius 1 is 1.38 bits per heavy atom. The fourth-order valence-electron chi connectivity index (χ4n) is 1.94. The van der Waals surface area contributed by atoms with Gasteiger partial charge < -0.3 is 4.79 Å². The van der Waals surface area contributed by atoms with Crippen LogP contribution in [0.1, 0.15) is 12.0 Å². The number of anilines is 1. The van der Waals surface area contributed by atoms with Gasteiger partial charge in [-0.05, 0) is 18.6 Å². The van der Waals surface area contributed by atoms with Crippen LogP contribution in [0, 0.1) is 6.92 Å². The largest absolute Gasteiger partial charge is 0.302 e. The Hall–Kier alpha value is -1.68. The Bertz CT molecular complexity index is 417. The van der Waals surface area contributed by atoms with E-state index in [2.05, 4.69) is 0 Å². The van der Waals surface area contributed by atoms with Gasteiger partial charge in [-0.15, -0.1) is 0 Å². The third kappa shape index (κ3) is 1.84. The lowest BCUT2D eigenvalue weighted by Gasteiger charge is -2.27. The van der Waals surface area contributed by atoms with Crippen molar-refractivity contribution in [2.45, 2.75) is 13.3 Å². The molecule has 1 amide bonds. The number of aryl methyl sites for hydroxylation is 1. The highest BCUT2D eigenvalue weighted by Crippen LogP contribution is 2.25. The molecular formula is C12H14N2O2. The standard InChI is InChI=1S/C12H14N2O2/c1-10-4-2-3-5-11(10)14-12(16)6-7-13(14)8-9-15/h2-5,9H,6-8H2,1H3. The van der Waals surface area contributed by atoms with E-state index in [0.29, 0.717) is 13.0 Å². The number of para-hydroxylation sites is 1. The zero-order chi connectivity index (χ0) is 11.5. The first-order valence-corrected chi connectivity index (χ1v) is 5.31. The molecule has 1 aromatic carbocycles. The van der Waals surface area contributed by atoms with Crippen LogP contribution < -0.4 is 5.01 Å². The zero-order valence-electron chi connectivity index (χ0n) is 9.22. The van der Waals surface area contributed by atoms with E-state index in [0.717, 1.165) is 17.5 Å². The molecule has 0 radical (unpaired) electrons. The van der Waals surface area contributed by atoms with Gasteiger partial charge in [0.25, 0.3) is 0 Å². The number of hydrogen-bond donors (Lipinski definition) is 0. The molecule has 84 valence electrons. The normalized spacial score (nSPS) is 16.8. The number of hydrazine groups is 1. The van der Waals surface area contributed by atoms with Crippen molar-refractivity contribution < 1.29 is 9.59 Å². The number of carbonyl (C=O) groups excluding carboxylic acids is 2. The third-order valence-electron chi connectivity index (χ3n) is 2.73. The molecule has 0 atom stereocenters. The predicted octanol–water partition coefficient (Wildman–Crippen LogP) is 1.15. The zero-order valence-corrected chi connectivity index (χ0v) is 9.22. The minimum Gasteiger partial charge on any atom is -0.302 e. The summed E-state index contributed by atoms with van der Waals surface area (Å²) < 4.78 is 0. The number of aldehydes is 1. The molecule has 0 bridgehead atoms. The van der Waals surface area contributed by atoms with E-state index in [9.17, 15) is 9.59 Å². The van der Waals surface area contributed by atoms with Crippen LogP contribution in [0.25, 0.3) is 0 Å². The van der Waals surface area contributed by atoms with Crippen LogP contribution in [0.4, 0.5) is 5.69 Å². The molecule has 2 rings (SSSR count). The molecule has 16 heavy (non-hydrogen) atoms. The maximum absolute atomic E-state index is 11.8. The van der Waals surface area contributed by atoms with Gasteiger partial charge in [-0.2, -0.15) is 0 Å². The fraction of sp³-hybridized carbons (Fsp3) is 0.333. The summed E-state index contributed by atoms with van der Waals surface area (Å²) in [7, 11) is 0. The maximum Gasteiger partial charge on any atom is 0.242 e. The number of amides is 1. The Kier molecular flexibility index (Phi) is 3.01. The van der Waals surface area contributed by atoms with Crippen LogP contribution in [0.15, 0.2) is 24.3 Å². The Morgan fingerprint density at radius 3 is 2.81 bits per heavy atom. The van der Waals surface area contributed by atoms with Gasteiger partial charge in [-0.3, -0.25) is 4.79 Å². The average molecular weight is 218 g/mol. The SMILES string of the molecule is Cc1ccccc1N1C(=O)CCN1CC=O. The molecule has 0 N–H and O–H groups in total. The molecule has 4 heteroatoms. The number of benzene rings is 1. The summed E-state index contributed by atoms with van der Waals surface area (Å²) in [4.78, 5) is 22.3. The van der Waals surface area contributed by atoms with Gasteiger partial charge in [-0.25, -0.2) is 10.0 Å². The van der Waals surface area contributed by atoms with E-state index in [1.807, 2.05) is 31.2 Å². The van der Waals surface area contributed by atoms with Crippen molar-refractivity contribution in [2.24, 2.45) is 0 Å². The quantitative estimate of drug-likeness (QED) is 0.714. The van der Waals surface area contributed by atoms with Gasteiger partial charge in [0.1, 0.15) is 6.29 Å². The van der Waals surface area contributed by atoms with Crippen LogP contribution in [0.2, 0.25) is 0 Å². The second-order valence-corrected chi connectivity index (χ2v) is 3.82. The van der Waals surface area contributed by atoms with Crippen LogP contribution >= 0.6 is 0 Å². The van der Waals surface area contributed by atoms with Crippen molar-refractivity contribution >= 4 is 17.9 Å². The monoisotopic (exact) mass is 218 g/mol. The summed E-state index contributed by atoms with van der Waals surface area (Å²) in [6.45, 7) is 2.84. The molecule has 1 saturated heterocycles. The molecule has 4 nitrogen and oxygen atoms in total. The maximum atomic E-state index is 11.8. The first kappa shape index (κ1) is 10.8. The summed E-state index contributed by atoms with van der Waals surface area (Å²) in [6, 6.07) is 7.69. The summed E-state index contributed by atoms with van der Waals surface area (Å²) in [5.74, 6) is 0.0520. The lowest BCUT2D eigenvalue weighted by atomic mass is 10.2. The molecule has 0 aromatic heterocycles. The molecule has 0 aliphatic carbocycles. The Labute approximate surface area is 94.4 Å². The molecule has 1 fully saturated rings. The van der Waals surface area contributed by atoms with Crippen molar-refractivity contribution in [1.29, 1.82) is 0 Å². The van der Waals surface area contributed by atoms with Crippen LogP contribution in [-0.4, -0.2) is 30.3 Å². The highest BCUT2D eigenvalue weighted by Gasteiger charge is 2.30. The topological polar surface area (TPSA) is 40.6 Å². The summed E-state index contributed by atoms with van der Waals surface area (Å²) in [5, 5.41) is 3.39. The van der Waals surface area contributed by atoms with E-state index in [4.69, 9.17) is 0 Å². The van der Waals surface area contributed by atoms with Gasteiger partial charge >= 0.3 is 0 Å². The highest BCUT2D eigenvalue weighted by atomic mass is 16.2. The average Bonchev–Trinajstić information content (AvgIpc) is 2.62. The van der Waals surface area contributed by atoms with Crippen molar-refractivity contribution in [1.82, 2.24) is 5.01 Å². The van der Waals surface area contributed by atoms with Gasteiger partial charge in [0, 0.05) is 13.0 Å². The first-order valence-electron chi connectivity index (χ1n) is 5.31. The van der Waals surface area contributed by atoms with E-state index in [1.54, 1.807) is 10.0 Å². The molecule has 1 heterocycles. The predicted molar refractivity (Wildman–Crippen MR) is 60.9 cm³/mol. The van der Waals surface area contributed by atoms with Gasteiger partial charge in [0.2, 0.25) is 5.91 Å². The highest BCUT2D eigenvalue weighted by molar-refractivity contribution is 5.95. The van der Waals surface area contributed by atoms with Crippen LogP contribution in [-0.2, 0) is 9.59 Å². The van der Waals surface area contributed by atoms with Crippen LogP contribution in [0.3, 0.4) is 0 Å². The Morgan fingerprint density at radius 2 is 2.12 bits per heavy atom. The fourth-order valence-corrected chi connectivity index (χ4v) is 1.94. The third-order valence-corrected chi connectivity index (χ3v) is 2.73. The molecule has 0 spiro atoms. The lowest BCUT2D eigenvalue weighted by Crippen LogP contribution is -2.40. The second kappa shape index (κ2) is 4.45.